The third kappa shape index (κ3) is 3.64. The molecule has 2 aromatic rings. The quantitative estimate of drug-likeness (QED) is 0.913. The summed E-state index contributed by atoms with van der Waals surface area (Å²) in [6.45, 7) is 10.1. The van der Waals surface area contributed by atoms with Crippen LogP contribution >= 0.6 is 0 Å². The highest BCUT2D eigenvalue weighted by Gasteiger charge is 2.10. The molecule has 22 heavy (non-hydrogen) atoms. The summed E-state index contributed by atoms with van der Waals surface area (Å²) in [4.78, 5) is 18.8. The van der Waals surface area contributed by atoms with Crippen LogP contribution in [0.15, 0.2) is 36.5 Å². The Morgan fingerprint density at radius 2 is 1.86 bits per heavy atom. The molecule has 0 radical (unpaired) electrons. The number of amides is 1. The van der Waals surface area contributed by atoms with Crippen LogP contribution < -0.4 is 10.2 Å². The zero-order chi connectivity index (χ0) is 16.1. The number of pyridine rings is 1. The number of nitrogens with zero attached hydrogens (tertiary/aromatic N) is 2. The number of hydrogen-bond donors (Lipinski definition) is 1. The van der Waals surface area contributed by atoms with E-state index in [1.807, 2.05) is 38.1 Å². The fourth-order valence-corrected chi connectivity index (χ4v) is 2.44. The summed E-state index contributed by atoms with van der Waals surface area (Å²) >= 11 is 0. The van der Waals surface area contributed by atoms with Crippen molar-refractivity contribution in [2.24, 2.45) is 0 Å². The zero-order valence-electron chi connectivity index (χ0n) is 13.7. The maximum Gasteiger partial charge on any atom is 0.274 e. The van der Waals surface area contributed by atoms with Crippen LogP contribution in [0.5, 0.6) is 0 Å². The van der Waals surface area contributed by atoms with E-state index in [0.29, 0.717) is 5.69 Å². The molecule has 1 N–H and O–H groups in total. The highest BCUT2D eigenvalue weighted by molar-refractivity contribution is 6.03. The van der Waals surface area contributed by atoms with Crippen molar-refractivity contribution in [3.05, 3.63) is 53.3 Å². The van der Waals surface area contributed by atoms with Crippen molar-refractivity contribution in [3.63, 3.8) is 0 Å². The van der Waals surface area contributed by atoms with Crippen LogP contribution in [-0.4, -0.2) is 24.0 Å². The fourth-order valence-electron chi connectivity index (χ4n) is 2.44. The molecule has 1 aromatic heterocycles. The van der Waals surface area contributed by atoms with Crippen molar-refractivity contribution in [1.82, 2.24) is 4.98 Å². The molecule has 0 aliphatic rings. The van der Waals surface area contributed by atoms with Gasteiger partial charge in [-0.3, -0.25) is 4.79 Å². The molecule has 2 rings (SSSR count). The van der Waals surface area contributed by atoms with E-state index in [1.54, 1.807) is 12.3 Å². The minimum atomic E-state index is -0.182. The zero-order valence-corrected chi connectivity index (χ0v) is 13.7. The van der Waals surface area contributed by atoms with Gasteiger partial charge in [-0.25, -0.2) is 4.98 Å². The molecule has 1 heterocycles. The summed E-state index contributed by atoms with van der Waals surface area (Å²) in [5, 5.41) is 2.92. The van der Waals surface area contributed by atoms with Crippen LogP contribution in [0.2, 0.25) is 0 Å². The normalized spacial score (nSPS) is 10.4. The predicted molar refractivity (Wildman–Crippen MR) is 91.7 cm³/mol. The smallest absolute Gasteiger partial charge is 0.274 e. The lowest BCUT2D eigenvalue weighted by molar-refractivity contribution is 0.102. The van der Waals surface area contributed by atoms with Crippen molar-refractivity contribution in [1.29, 1.82) is 0 Å². The second-order valence-corrected chi connectivity index (χ2v) is 5.35. The Labute approximate surface area is 132 Å². The molecule has 0 spiro atoms. The lowest BCUT2D eigenvalue weighted by Gasteiger charge is -2.20. The van der Waals surface area contributed by atoms with Gasteiger partial charge in [-0.2, -0.15) is 0 Å². The van der Waals surface area contributed by atoms with Crippen LogP contribution in [0.3, 0.4) is 0 Å². The minimum Gasteiger partial charge on any atom is -0.371 e. The first-order valence-corrected chi connectivity index (χ1v) is 7.64. The van der Waals surface area contributed by atoms with Gasteiger partial charge in [-0.05, 0) is 51.5 Å². The summed E-state index contributed by atoms with van der Waals surface area (Å²) in [5.74, 6) is -0.182. The van der Waals surface area contributed by atoms with Gasteiger partial charge in [-0.1, -0.05) is 17.7 Å². The Bertz CT molecular complexity index is 646. The maximum absolute atomic E-state index is 12.3. The topological polar surface area (TPSA) is 45.2 Å². The summed E-state index contributed by atoms with van der Waals surface area (Å²) in [6.07, 6.45) is 1.75. The first-order valence-electron chi connectivity index (χ1n) is 7.64. The van der Waals surface area contributed by atoms with Gasteiger partial charge in [0.2, 0.25) is 0 Å². The van der Waals surface area contributed by atoms with Gasteiger partial charge >= 0.3 is 0 Å². The van der Waals surface area contributed by atoms with Gasteiger partial charge in [-0.15, -0.1) is 0 Å². The molecule has 4 heteroatoms. The van der Waals surface area contributed by atoms with Crippen LogP contribution in [0.4, 0.5) is 11.4 Å². The Hall–Kier alpha value is -2.36. The average molecular weight is 297 g/mol. The van der Waals surface area contributed by atoms with Gasteiger partial charge in [0.1, 0.15) is 5.69 Å². The van der Waals surface area contributed by atoms with Gasteiger partial charge in [0.25, 0.3) is 5.91 Å². The molecule has 0 unspecified atom stereocenters. The summed E-state index contributed by atoms with van der Waals surface area (Å²) in [7, 11) is 0. The molecule has 116 valence electrons. The molecule has 1 amide bonds. The number of aromatic nitrogens is 1. The SMILES string of the molecule is CCN(CC)c1ccc(C(=O)Nc2ccc(C)cc2C)nc1. The van der Waals surface area contributed by atoms with E-state index in [-0.39, 0.29) is 5.91 Å². The minimum absolute atomic E-state index is 0.182. The summed E-state index contributed by atoms with van der Waals surface area (Å²) < 4.78 is 0. The van der Waals surface area contributed by atoms with Crippen molar-refractivity contribution in [2.45, 2.75) is 27.7 Å². The van der Waals surface area contributed by atoms with E-state index in [1.165, 1.54) is 5.56 Å². The van der Waals surface area contributed by atoms with E-state index >= 15 is 0 Å². The second kappa shape index (κ2) is 7.07. The third-order valence-electron chi connectivity index (χ3n) is 3.74. The van der Waals surface area contributed by atoms with Crippen molar-refractivity contribution < 1.29 is 4.79 Å². The van der Waals surface area contributed by atoms with Gasteiger partial charge in [0.15, 0.2) is 0 Å². The number of nitrogens with one attached hydrogen (secondary N) is 1. The third-order valence-corrected chi connectivity index (χ3v) is 3.74. The highest BCUT2D eigenvalue weighted by atomic mass is 16.1. The second-order valence-electron chi connectivity index (χ2n) is 5.35. The van der Waals surface area contributed by atoms with Gasteiger partial charge in [0, 0.05) is 18.8 Å². The monoisotopic (exact) mass is 297 g/mol. The molecular formula is C18H23N3O. The fraction of sp³-hybridized carbons (Fsp3) is 0.333. The molecule has 0 saturated carbocycles. The molecule has 0 saturated heterocycles. The molecule has 1 aromatic carbocycles. The molecule has 0 bridgehead atoms. The Morgan fingerprint density at radius 1 is 1.14 bits per heavy atom. The highest BCUT2D eigenvalue weighted by Crippen LogP contribution is 2.18. The molecular weight excluding hydrogens is 274 g/mol. The molecule has 4 nitrogen and oxygen atoms in total. The number of anilines is 2. The van der Waals surface area contributed by atoms with E-state index < -0.39 is 0 Å². The summed E-state index contributed by atoms with van der Waals surface area (Å²) in [6, 6.07) is 9.67. The number of benzene rings is 1. The van der Waals surface area contributed by atoms with Crippen LogP contribution in [0.25, 0.3) is 0 Å². The number of aryl methyl sites for hydroxylation is 2. The number of hydrogen-bond acceptors (Lipinski definition) is 3. The Morgan fingerprint density at radius 3 is 2.41 bits per heavy atom. The maximum atomic E-state index is 12.3. The van der Waals surface area contributed by atoms with Crippen LogP contribution in [-0.2, 0) is 0 Å². The van der Waals surface area contributed by atoms with Crippen molar-refractivity contribution >= 4 is 17.3 Å². The van der Waals surface area contributed by atoms with Gasteiger partial charge < -0.3 is 10.2 Å². The van der Waals surface area contributed by atoms with E-state index in [0.717, 1.165) is 30.0 Å². The van der Waals surface area contributed by atoms with Crippen molar-refractivity contribution in [2.75, 3.05) is 23.3 Å². The number of carbonyl (C=O) groups excluding carboxylic acids is 1. The van der Waals surface area contributed by atoms with E-state index in [2.05, 4.69) is 29.0 Å². The molecule has 0 atom stereocenters. The Kier molecular flexibility index (Phi) is 5.15. The summed E-state index contributed by atoms with van der Waals surface area (Å²) in [5.41, 5.74) is 4.51. The van der Waals surface area contributed by atoms with Gasteiger partial charge in [0.05, 0.1) is 11.9 Å². The predicted octanol–water partition coefficient (Wildman–Crippen LogP) is 3.80. The standard InChI is InChI=1S/C18H23N3O/c1-5-21(6-2)15-8-10-17(19-12-15)18(22)20-16-9-7-13(3)11-14(16)4/h7-12H,5-6H2,1-4H3,(H,20,22). The molecule has 0 aliphatic carbocycles. The van der Waals surface area contributed by atoms with E-state index in [9.17, 15) is 4.79 Å². The molecule has 0 aliphatic heterocycles. The van der Waals surface area contributed by atoms with E-state index in [4.69, 9.17) is 0 Å². The number of carbonyl (C=O) groups is 1. The lowest BCUT2D eigenvalue weighted by atomic mass is 10.1. The average Bonchev–Trinajstić information content (AvgIpc) is 2.52. The number of rotatable bonds is 5. The van der Waals surface area contributed by atoms with Crippen LogP contribution in [0, 0.1) is 13.8 Å². The lowest BCUT2D eigenvalue weighted by Crippen LogP contribution is -2.22. The first kappa shape index (κ1) is 16.0. The Balaban J connectivity index is 2.13. The largest absolute Gasteiger partial charge is 0.371 e. The van der Waals surface area contributed by atoms with Crippen molar-refractivity contribution in [3.8, 4) is 0 Å². The van der Waals surface area contributed by atoms with Crippen LogP contribution in [0.1, 0.15) is 35.5 Å². The molecule has 0 fully saturated rings. The first-order chi connectivity index (χ1) is 10.5.